The molecule has 3 saturated heterocycles. The number of likely N-dealkylation sites (tertiary alicyclic amines) is 1. The first-order valence-electron chi connectivity index (χ1n) is 9.51. The average Bonchev–Trinajstić information content (AvgIpc) is 3.29. The van der Waals surface area contributed by atoms with Gasteiger partial charge in [0.2, 0.25) is 0 Å². The van der Waals surface area contributed by atoms with Gasteiger partial charge in [0.25, 0.3) is 11.8 Å². The second-order valence-corrected chi connectivity index (χ2v) is 8.22. The highest BCUT2D eigenvalue weighted by molar-refractivity contribution is 5.95. The van der Waals surface area contributed by atoms with Crippen molar-refractivity contribution in [1.29, 1.82) is 0 Å². The van der Waals surface area contributed by atoms with E-state index in [0.717, 1.165) is 19.4 Å². The summed E-state index contributed by atoms with van der Waals surface area (Å²) in [6.07, 6.45) is 2.44. The normalized spacial score (nSPS) is 31.4. The molecular weight excluding hydrogens is 346 g/mol. The Morgan fingerprint density at radius 1 is 1.37 bits per heavy atom. The molecule has 1 aromatic rings. The molecule has 0 aromatic heterocycles. The molecule has 3 fully saturated rings. The Labute approximate surface area is 159 Å². The molecule has 4 atom stereocenters. The predicted molar refractivity (Wildman–Crippen MR) is 99.4 cm³/mol. The molecule has 2 N–H and O–H groups in total. The van der Waals surface area contributed by atoms with E-state index >= 15 is 0 Å². The summed E-state index contributed by atoms with van der Waals surface area (Å²) in [6.45, 7) is 2.24. The lowest BCUT2D eigenvalue weighted by atomic mass is 9.73. The van der Waals surface area contributed by atoms with Gasteiger partial charge in [-0.15, -0.1) is 0 Å². The van der Waals surface area contributed by atoms with Crippen LogP contribution in [-0.4, -0.2) is 73.7 Å². The summed E-state index contributed by atoms with van der Waals surface area (Å²) in [4.78, 5) is 28.3. The number of carbonyl (C=O) groups excluding carboxylic acids is 2. The number of hydrogen-bond donors (Lipinski definition) is 1. The van der Waals surface area contributed by atoms with Gasteiger partial charge in [-0.2, -0.15) is 0 Å². The number of hydrogen-bond acceptors (Lipinski definition) is 5. The molecule has 27 heavy (non-hydrogen) atoms. The van der Waals surface area contributed by atoms with Crippen LogP contribution >= 0.6 is 0 Å². The van der Waals surface area contributed by atoms with Crippen LogP contribution in [0.15, 0.2) is 24.3 Å². The summed E-state index contributed by atoms with van der Waals surface area (Å²) >= 11 is 0. The van der Waals surface area contributed by atoms with Crippen LogP contribution in [0.4, 0.5) is 0 Å². The van der Waals surface area contributed by atoms with Gasteiger partial charge in [-0.3, -0.25) is 9.59 Å². The van der Waals surface area contributed by atoms with Crippen molar-refractivity contribution in [3.05, 3.63) is 29.8 Å². The fourth-order valence-electron chi connectivity index (χ4n) is 5.07. The molecule has 1 aromatic carbocycles. The van der Waals surface area contributed by atoms with Crippen LogP contribution in [0.5, 0.6) is 5.75 Å². The average molecular weight is 373 g/mol. The maximum atomic E-state index is 12.8. The monoisotopic (exact) mass is 373 g/mol. The van der Waals surface area contributed by atoms with E-state index in [1.54, 1.807) is 24.3 Å². The Balaban J connectivity index is 1.41. The number of rotatable bonds is 6. The van der Waals surface area contributed by atoms with Crippen molar-refractivity contribution in [2.45, 2.75) is 24.5 Å². The zero-order valence-corrected chi connectivity index (χ0v) is 15.9. The highest BCUT2D eigenvalue weighted by Crippen LogP contribution is 2.54. The largest absolute Gasteiger partial charge is 0.483 e. The number of ether oxygens (including phenoxy) is 2. The van der Waals surface area contributed by atoms with Crippen molar-refractivity contribution in [2.75, 3.05) is 40.3 Å². The summed E-state index contributed by atoms with van der Waals surface area (Å²) in [5.41, 5.74) is 5.48. The first-order valence-corrected chi connectivity index (χ1v) is 9.51. The van der Waals surface area contributed by atoms with Crippen molar-refractivity contribution in [3.8, 4) is 5.75 Å². The first kappa shape index (κ1) is 18.3. The fourth-order valence-corrected chi connectivity index (χ4v) is 5.07. The van der Waals surface area contributed by atoms with Crippen LogP contribution in [0.25, 0.3) is 0 Å². The van der Waals surface area contributed by atoms with Gasteiger partial charge >= 0.3 is 0 Å². The minimum Gasteiger partial charge on any atom is -0.483 e. The number of benzene rings is 1. The smallest absolute Gasteiger partial charge is 0.260 e. The number of primary amides is 1. The number of nitrogens with two attached hydrogens (primary N) is 1. The van der Waals surface area contributed by atoms with Gasteiger partial charge in [-0.1, -0.05) is 12.1 Å². The molecule has 0 saturated carbocycles. The number of carbonyl (C=O) groups is 2. The minimum atomic E-state index is -0.565. The van der Waals surface area contributed by atoms with Crippen LogP contribution in [0.2, 0.25) is 0 Å². The molecule has 3 aliphatic rings. The maximum absolute atomic E-state index is 12.8. The number of fused-ring (bicyclic) bond motifs is 1. The molecule has 2 amide bonds. The molecule has 7 heteroatoms. The van der Waals surface area contributed by atoms with Crippen LogP contribution in [0, 0.1) is 11.8 Å². The van der Waals surface area contributed by atoms with Crippen molar-refractivity contribution < 1.29 is 19.1 Å². The van der Waals surface area contributed by atoms with E-state index in [9.17, 15) is 9.59 Å². The SMILES string of the molecule is CN(C)C[C@H]1[C@@H]2CC[C@@]3(CN(C(=O)COc4ccccc4C(N)=O)C[C@@H]13)O2. The summed E-state index contributed by atoms with van der Waals surface area (Å²) in [7, 11) is 4.17. The molecule has 3 aliphatic heterocycles. The van der Waals surface area contributed by atoms with E-state index in [1.807, 2.05) is 4.90 Å². The van der Waals surface area contributed by atoms with Crippen LogP contribution in [0.3, 0.4) is 0 Å². The summed E-state index contributed by atoms with van der Waals surface area (Å²) < 4.78 is 12.0. The van der Waals surface area contributed by atoms with Crippen molar-refractivity contribution in [2.24, 2.45) is 17.6 Å². The number of para-hydroxylation sites is 1. The van der Waals surface area contributed by atoms with Crippen molar-refractivity contribution in [3.63, 3.8) is 0 Å². The molecule has 1 spiro atoms. The lowest BCUT2D eigenvalue weighted by molar-refractivity contribution is -0.133. The van der Waals surface area contributed by atoms with Crippen molar-refractivity contribution in [1.82, 2.24) is 9.80 Å². The molecule has 0 unspecified atom stereocenters. The summed E-state index contributed by atoms with van der Waals surface area (Å²) in [6, 6.07) is 6.72. The zero-order chi connectivity index (χ0) is 19.2. The molecule has 7 nitrogen and oxygen atoms in total. The van der Waals surface area contributed by atoms with Gasteiger partial charge in [0, 0.05) is 24.9 Å². The molecule has 0 aliphatic carbocycles. The van der Waals surface area contributed by atoms with E-state index in [2.05, 4.69) is 19.0 Å². The van der Waals surface area contributed by atoms with Gasteiger partial charge in [0.15, 0.2) is 6.61 Å². The highest BCUT2D eigenvalue weighted by Gasteiger charge is 2.63. The van der Waals surface area contributed by atoms with Gasteiger partial charge in [-0.05, 0) is 39.1 Å². The topological polar surface area (TPSA) is 85.1 Å². The second kappa shape index (κ2) is 6.80. The molecular formula is C20H27N3O4. The van der Waals surface area contributed by atoms with Gasteiger partial charge in [-0.25, -0.2) is 0 Å². The Hall–Kier alpha value is -2.12. The third-order valence-electron chi connectivity index (χ3n) is 6.22. The van der Waals surface area contributed by atoms with E-state index in [0.29, 0.717) is 36.8 Å². The van der Waals surface area contributed by atoms with Gasteiger partial charge in [0.1, 0.15) is 5.75 Å². The molecule has 3 heterocycles. The van der Waals surface area contributed by atoms with Crippen molar-refractivity contribution >= 4 is 11.8 Å². The maximum Gasteiger partial charge on any atom is 0.260 e. The third kappa shape index (κ3) is 3.19. The first-order chi connectivity index (χ1) is 12.9. The summed E-state index contributed by atoms with van der Waals surface area (Å²) in [5.74, 6) is 0.570. The molecule has 2 bridgehead atoms. The third-order valence-corrected chi connectivity index (χ3v) is 6.22. The number of nitrogens with zero attached hydrogens (tertiary/aromatic N) is 2. The Bertz CT molecular complexity index is 752. The summed E-state index contributed by atoms with van der Waals surface area (Å²) in [5, 5.41) is 0. The van der Waals surface area contributed by atoms with Crippen LogP contribution in [-0.2, 0) is 9.53 Å². The van der Waals surface area contributed by atoms with Crippen LogP contribution in [0.1, 0.15) is 23.2 Å². The zero-order valence-electron chi connectivity index (χ0n) is 15.9. The molecule has 0 radical (unpaired) electrons. The standard InChI is InChI=1S/C20H27N3O4/c1-22(2)9-14-15-10-23(12-20(15)8-7-17(14)27-20)18(24)11-26-16-6-4-3-5-13(16)19(21)25/h3-6,14-15,17H,7-12H2,1-2H3,(H2,21,25)/t14-,15+,17+,20+/m1/s1. The Morgan fingerprint density at radius 2 is 2.15 bits per heavy atom. The van der Waals surface area contributed by atoms with Crippen LogP contribution < -0.4 is 10.5 Å². The number of amides is 2. The minimum absolute atomic E-state index is 0.0753. The molecule has 4 rings (SSSR count). The lowest BCUT2D eigenvalue weighted by Crippen LogP contribution is -2.40. The van der Waals surface area contributed by atoms with E-state index < -0.39 is 5.91 Å². The Kier molecular flexibility index (Phi) is 4.60. The predicted octanol–water partition coefficient (Wildman–Crippen LogP) is 0.732. The van der Waals surface area contributed by atoms with Gasteiger partial charge in [0.05, 0.1) is 23.8 Å². The Morgan fingerprint density at radius 3 is 2.89 bits per heavy atom. The van der Waals surface area contributed by atoms with E-state index in [-0.39, 0.29) is 23.7 Å². The fraction of sp³-hybridized carbons (Fsp3) is 0.600. The van der Waals surface area contributed by atoms with E-state index in [1.165, 1.54) is 0 Å². The second-order valence-electron chi connectivity index (χ2n) is 8.22. The lowest BCUT2D eigenvalue weighted by Gasteiger charge is -2.30. The quantitative estimate of drug-likeness (QED) is 0.795. The molecule has 146 valence electrons. The van der Waals surface area contributed by atoms with E-state index in [4.69, 9.17) is 15.2 Å². The van der Waals surface area contributed by atoms with Gasteiger partial charge < -0.3 is 25.0 Å². The highest BCUT2D eigenvalue weighted by atomic mass is 16.5.